The lowest BCUT2D eigenvalue weighted by Crippen LogP contribution is -2.46. The molecule has 3 N–H and O–H groups in total. The summed E-state index contributed by atoms with van der Waals surface area (Å²) >= 11 is 0. The molecule has 0 saturated carbocycles. The minimum Gasteiger partial charge on any atom is -0.481 e. The first-order valence-corrected chi connectivity index (χ1v) is 11.6. The van der Waals surface area contributed by atoms with Crippen LogP contribution in [0.3, 0.4) is 0 Å². The molecule has 0 saturated heterocycles. The Hall–Kier alpha value is -3.35. The van der Waals surface area contributed by atoms with Crippen molar-refractivity contribution in [2.24, 2.45) is 0 Å². The van der Waals surface area contributed by atoms with E-state index in [0.29, 0.717) is 19.4 Å². The van der Waals surface area contributed by atoms with Crippen molar-refractivity contribution in [2.45, 2.75) is 57.4 Å². The highest BCUT2D eigenvalue weighted by Crippen LogP contribution is 2.44. The Morgan fingerprint density at radius 2 is 1.55 bits per heavy atom. The maximum absolute atomic E-state index is 12.4. The number of carboxylic acids is 1. The van der Waals surface area contributed by atoms with Gasteiger partial charge in [0.15, 0.2) is 0 Å². The summed E-state index contributed by atoms with van der Waals surface area (Å²) < 4.78 is 5.53. The minimum absolute atomic E-state index is 0.0295. The Labute approximate surface area is 194 Å². The third-order valence-corrected chi connectivity index (χ3v) is 5.98. The largest absolute Gasteiger partial charge is 0.481 e. The summed E-state index contributed by atoms with van der Waals surface area (Å²) in [6.45, 7) is 2.53. The Kier molecular flexibility index (Phi) is 8.87. The topological polar surface area (TPSA) is 105 Å². The number of ether oxygens (including phenoxy) is 1. The number of aliphatic carboxylic acids is 1. The third kappa shape index (κ3) is 6.57. The first-order valence-electron chi connectivity index (χ1n) is 11.6. The first kappa shape index (κ1) is 24.3. The van der Waals surface area contributed by atoms with Crippen molar-refractivity contribution >= 4 is 18.0 Å². The van der Waals surface area contributed by atoms with E-state index in [1.165, 1.54) is 0 Å². The molecule has 176 valence electrons. The quantitative estimate of drug-likeness (QED) is 0.413. The van der Waals surface area contributed by atoms with Gasteiger partial charge in [-0.05, 0) is 41.5 Å². The SMILES string of the molecule is CCC(NC(=O)OCC1c2ccccc2-c2ccccc21)C(=O)NCCCCCCC(=O)O. The molecule has 3 rings (SSSR count). The molecule has 0 bridgehead atoms. The molecule has 33 heavy (non-hydrogen) atoms. The van der Waals surface area contributed by atoms with E-state index in [4.69, 9.17) is 9.84 Å². The molecule has 1 aliphatic carbocycles. The number of amides is 2. The number of nitrogens with one attached hydrogen (secondary N) is 2. The van der Waals surface area contributed by atoms with E-state index in [-0.39, 0.29) is 24.9 Å². The van der Waals surface area contributed by atoms with Crippen LogP contribution in [0.15, 0.2) is 48.5 Å². The van der Waals surface area contributed by atoms with Crippen LogP contribution < -0.4 is 10.6 Å². The number of benzene rings is 2. The van der Waals surface area contributed by atoms with E-state index in [9.17, 15) is 14.4 Å². The van der Waals surface area contributed by atoms with Gasteiger partial charge in [-0.15, -0.1) is 0 Å². The van der Waals surface area contributed by atoms with E-state index >= 15 is 0 Å². The Balaban J connectivity index is 1.44. The molecular weight excluding hydrogens is 420 g/mol. The second kappa shape index (κ2) is 12.0. The maximum Gasteiger partial charge on any atom is 0.407 e. The summed E-state index contributed by atoms with van der Waals surface area (Å²) in [5, 5.41) is 14.1. The van der Waals surface area contributed by atoms with E-state index in [1.807, 2.05) is 31.2 Å². The number of alkyl carbamates (subject to hydrolysis) is 1. The highest BCUT2D eigenvalue weighted by molar-refractivity contribution is 5.85. The lowest BCUT2D eigenvalue weighted by molar-refractivity contribution is -0.137. The summed E-state index contributed by atoms with van der Waals surface area (Å²) in [5.41, 5.74) is 4.60. The lowest BCUT2D eigenvalue weighted by Gasteiger charge is -2.18. The predicted octanol–water partition coefficient (Wildman–Crippen LogP) is 4.46. The average Bonchev–Trinajstić information content (AvgIpc) is 3.14. The highest BCUT2D eigenvalue weighted by Gasteiger charge is 2.29. The average molecular weight is 453 g/mol. The van der Waals surface area contributed by atoms with Crippen LogP contribution in [0.2, 0.25) is 0 Å². The molecular formula is C26H32N2O5. The van der Waals surface area contributed by atoms with Crippen LogP contribution in [-0.4, -0.2) is 42.3 Å². The molecule has 1 unspecified atom stereocenters. The zero-order valence-corrected chi connectivity index (χ0v) is 19.0. The summed E-state index contributed by atoms with van der Waals surface area (Å²) in [6, 6.07) is 15.6. The van der Waals surface area contributed by atoms with Gasteiger partial charge in [0.2, 0.25) is 5.91 Å². The number of carboxylic acid groups (broad SMARTS) is 1. The van der Waals surface area contributed by atoms with Crippen molar-refractivity contribution in [1.82, 2.24) is 10.6 Å². The van der Waals surface area contributed by atoms with Crippen molar-refractivity contribution in [2.75, 3.05) is 13.2 Å². The smallest absolute Gasteiger partial charge is 0.407 e. The Morgan fingerprint density at radius 1 is 0.939 bits per heavy atom. The molecule has 1 aliphatic rings. The van der Waals surface area contributed by atoms with Crippen molar-refractivity contribution in [3.63, 3.8) is 0 Å². The molecule has 0 aliphatic heterocycles. The number of carbonyl (C=O) groups excluding carboxylic acids is 2. The zero-order valence-electron chi connectivity index (χ0n) is 19.0. The second-order valence-corrected chi connectivity index (χ2v) is 8.28. The summed E-state index contributed by atoms with van der Waals surface area (Å²) in [7, 11) is 0. The van der Waals surface area contributed by atoms with Gasteiger partial charge in [0.25, 0.3) is 0 Å². The molecule has 1 atom stereocenters. The van der Waals surface area contributed by atoms with Crippen molar-refractivity contribution in [3.05, 3.63) is 59.7 Å². The molecule has 7 nitrogen and oxygen atoms in total. The number of rotatable bonds is 12. The van der Waals surface area contributed by atoms with E-state index in [1.54, 1.807) is 0 Å². The van der Waals surface area contributed by atoms with E-state index in [2.05, 4.69) is 34.9 Å². The molecule has 0 radical (unpaired) electrons. The standard InChI is InChI=1S/C26H32N2O5/c1-2-23(25(31)27-16-10-4-3-5-15-24(29)30)28-26(32)33-17-22-20-13-8-6-11-18(20)19-12-7-9-14-21(19)22/h6-9,11-14,22-23H,2-5,10,15-17H2,1H3,(H,27,31)(H,28,32)(H,29,30). The van der Waals surface area contributed by atoms with Crippen molar-refractivity contribution in [3.8, 4) is 11.1 Å². The first-order chi connectivity index (χ1) is 16.0. The normalized spacial score (nSPS) is 13.0. The number of hydrogen-bond donors (Lipinski definition) is 3. The molecule has 2 aromatic rings. The maximum atomic E-state index is 12.4. The molecule has 2 aromatic carbocycles. The van der Waals surface area contributed by atoms with Gasteiger partial charge in [0.05, 0.1) is 0 Å². The number of hydrogen-bond acceptors (Lipinski definition) is 4. The molecule has 2 amide bonds. The van der Waals surface area contributed by atoms with Gasteiger partial charge in [-0.2, -0.15) is 0 Å². The molecule has 0 heterocycles. The molecule has 0 aromatic heterocycles. The van der Waals surface area contributed by atoms with Gasteiger partial charge >= 0.3 is 12.1 Å². The van der Waals surface area contributed by atoms with Crippen LogP contribution >= 0.6 is 0 Å². The van der Waals surface area contributed by atoms with E-state index in [0.717, 1.165) is 41.5 Å². The minimum atomic E-state index is -0.784. The van der Waals surface area contributed by atoms with Crippen LogP contribution in [0, 0.1) is 0 Å². The highest BCUT2D eigenvalue weighted by atomic mass is 16.5. The molecule has 7 heteroatoms. The van der Waals surface area contributed by atoms with Crippen molar-refractivity contribution in [1.29, 1.82) is 0 Å². The van der Waals surface area contributed by atoms with Crippen LogP contribution in [0.4, 0.5) is 4.79 Å². The fourth-order valence-electron chi connectivity index (χ4n) is 4.22. The summed E-state index contributed by atoms with van der Waals surface area (Å²) in [4.78, 5) is 35.4. The number of unbranched alkanes of at least 4 members (excludes halogenated alkanes) is 3. The van der Waals surface area contributed by atoms with Crippen LogP contribution in [0.5, 0.6) is 0 Å². The Morgan fingerprint density at radius 3 is 2.15 bits per heavy atom. The van der Waals surface area contributed by atoms with Crippen molar-refractivity contribution < 1.29 is 24.2 Å². The lowest BCUT2D eigenvalue weighted by atomic mass is 9.98. The Bertz CT molecular complexity index is 929. The van der Waals surface area contributed by atoms with Gasteiger partial charge in [-0.3, -0.25) is 9.59 Å². The molecule has 0 fully saturated rings. The number of carbonyl (C=O) groups is 3. The van der Waals surface area contributed by atoms with Gasteiger partial charge in [-0.25, -0.2) is 4.79 Å². The fraction of sp³-hybridized carbons (Fsp3) is 0.423. The van der Waals surface area contributed by atoms with Crippen LogP contribution in [0.25, 0.3) is 11.1 Å². The van der Waals surface area contributed by atoms with Crippen LogP contribution in [-0.2, 0) is 14.3 Å². The monoisotopic (exact) mass is 452 g/mol. The van der Waals surface area contributed by atoms with E-state index < -0.39 is 18.1 Å². The van der Waals surface area contributed by atoms with Gasteiger partial charge in [-0.1, -0.05) is 68.3 Å². The molecule has 0 spiro atoms. The number of fused-ring (bicyclic) bond motifs is 3. The van der Waals surface area contributed by atoms with Gasteiger partial charge in [0, 0.05) is 18.9 Å². The summed E-state index contributed by atoms with van der Waals surface area (Å²) in [6.07, 6.45) is 3.11. The van der Waals surface area contributed by atoms with Crippen LogP contribution in [0.1, 0.15) is 62.5 Å². The summed E-state index contributed by atoms with van der Waals surface area (Å²) in [5.74, 6) is -1.05. The predicted molar refractivity (Wildman–Crippen MR) is 126 cm³/mol. The second-order valence-electron chi connectivity index (χ2n) is 8.28. The van der Waals surface area contributed by atoms with Gasteiger partial charge in [0.1, 0.15) is 12.6 Å². The fourth-order valence-corrected chi connectivity index (χ4v) is 4.22. The zero-order chi connectivity index (χ0) is 23.6. The third-order valence-electron chi connectivity index (χ3n) is 5.98. The van der Waals surface area contributed by atoms with Gasteiger partial charge < -0.3 is 20.5 Å².